The van der Waals surface area contributed by atoms with Crippen molar-refractivity contribution >= 4 is 11.6 Å². The van der Waals surface area contributed by atoms with Crippen molar-refractivity contribution in [1.29, 1.82) is 0 Å². The molecule has 0 fully saturated rings. The minimum atomic E-state index is -4.72. The molecule has 0 unspecified atom stereocenters. The Labute approximate surface area is 92.2 Å². The lowest BCUT2D eigenvalue weighted by Crippen LogP contribution is -2.14. The Balaban J connectivity index is 3.41. The van der Waals surface area contributed by atoms with Crippen LogP contribution in [0.4, 0.5) is 22.0 Å². The fourth-order valence-electron chi connectivity index (χ4n) is 1.14. The molecule has 0 amide bonds. The van der Waals surface area contributed by atoms with Crippen molar-refractivity contribution < 1.29 is 22.0 Å². The Kier molecular flexibility index (Phi) is 3.69. The Bertz CT molecular complexity index is 391. The Morgan fingerprint density at radius 2 is 1.94 bits per heavy atom. The van der Waals surface area contributed by atoms with Gasteiger partial charge in [-0.15, -0.1) is 0 Å². The second-order valence-corrected chi connectivity index (χ2v) is 3.23. The van der Waals surface area contributed by atoms with Crippen LogP contribution in [0.2, 0.25) is 5.02 Å². The van der Waals surface area contributed by atoms with Crippen LogP contribution in [0.1, 0.15) is 23.2 Å². The summed E-state index contributed by atoms with van der Waals surface area (Å²) in [6.45, 7) is -0.587. The van der Waals surface area contributed by atoms with Gasteiger partial charge in [-0.1, -0.05) is 11.6 Å². The van der Waals surface area contributed by atoms with Crippen LogP contribution in [-0.4, -0.2) is 4.98 Å². The molecule has 1 heterocycles. The number of alkyl halides is 5. The van der Waals surface area contributed by atoms with E-state index in [2.05, 4.69) is 4.98 Å². The van der Waals surface area contributed by atoms with E-state index in [0.29, 0.717) is 6.20 Å². The molecule has 0 saturated carbocycles. The SMILES string of the molecule is NCc1c(C(F)(F)F)cnc(C(F)F)c1Cl. The molecule has 1 aromatic heterocycles. The van der Waals surface area contributed by atoms with E-state index in [9.17, 15) is 22.0 Å². The van der Waals surface area contributed by atoms with Crippen LogP contribution in [0.5, 0.6) is 0 Å². The zero-order valence-corrected chi connectivity index (χ0v) is 8.41. The van der Waals surface area contributed by atoms with Crippen LogP contribution < -0.4 is 5.73 Å². The second kappa shape index (κ2) is 4.50. The van der Waals surface area contributed by atoms with Crippen molar-refractivity contribution in [3.8, 4) is 0 Å². The van der Waals surface area contributed by atoms with Crippen LogP contribution in [0.3, 0.4) is 0 Å². The van der Waals surface area contributed by atoms with Crippen molar-refractivity contribution in [2.75, 3.05) is 0 Å². The van der Waals surface area contributed by atoms with Gasteiger partial charge in [0.1, 0.15) is 5.69 Å². The van der Waals surface area contributed by atoms with E-state index in [1.165, 1.54) is 0 Å². The molecule has 0 aromatic carbocycles. The zero-order chi connectivity index (χ0) is 12.5. The van der Waals surface area contributed by atoms with Crippen LogP contribution >= 0.6 is 11.6 Å². The quantitative estimate of drug-likeness (QED) is 0.830. The van der Waals surface area contributed by atoms with Crippen LogP contribution in [0.25, 0.3) is 0 Å². The summed E-state index contributed by atoms with van der Waals surface area (Å²) in [5, 5.41) is -0.729. The summed E-state index contributed by atoms with van der Waals surface area (Å²) in [6.07, 6.45) is -7.44. The second-order valence-electron chi connectivity index (χ2n) is 2.85. The summed E-state index contributed by atoms with van der Waals surface area (Å²) >= 11 is 5.39. The average molecular weight is 261 g/mol. The summed E-state index contributed by atoms with van der Waals surface area (Å²) in [4.78, 5) is 3.00. The first-order valence-corrected chi connectivity index (χ1v) is 4.39. The Hall–Kier alpha value is -0.950. The number of aromatic nitrogens is 1. The molecule has 0 aliphatic rings. The minimum Gasteiger partial charge on any atom is -0.326 e. The van der Waals surface area contributed by atoms with E-state index >= 15 is 0 Å². The molecule has 0 bridgehead atoms. The van der Waals surface area contributed by atoms with Gasteiger partial charge in [0.15, 0.2) is 0 Å². The molecule has 1 rings (SSSR count). The first kappa shape index (κ1) is 13.1. The molecule has 2 N–H and O–H groups in total. The van der Waals surface area contributed by atoms with Gasteiger partial charge in [0.2, 0.25) is 0 Å². The van der Waals surface area contributed by atoms with Gasteiger partial charge in [-0.3, -0.25) is 4.98 Å². The minimum absolute atomic E-state index is 0.315. The highest BCUT2D eigenvalue weighted by Crippen LogP contribution is 2.37. The summed E-state index contributed by atoms with van der Waals surface area (Å²) in [5.41, 5.74) is 2.41. The molecule has 8 heteroatoms. The maximum absolute atomic E-state index is 12.4. The lowest BCUT2D eigenvalue weighted by Gasteiger charge is -2.14. The highest BCUT2D eigenvalue weighted by Gasteiger charge is 2.35. The molecule has 0 saturated heterocycles. The van der Waals surface area contributed by atoms with Gasteiger partial charge in [0, 0.05) is 18.3 Å². The summed E-state index contributed by atoms with van der Waals surface area (Å²) in [5.74, 6) is 0. The molecule has 16 heavy (non-hydrogen) atoms. The molecular weight excluding hydrogens is 255 g/mol. The van der Waals surface area contributed by atoms with Crippen molar-refractivity contribution in [3.63, 3.8) is 0 Å². The van der Waals surface area contributed by atoms with E-state index in [4.69, 9.17) is 17.3 Å². The molecule has 1 aromatic rings. The van der Waals surface area contributed by atoms with Crippen LogP contribution in [-0.2, 0) is 12.7 Å². The summed E-state index contributed by atoms with van der Waals surface area (Å²) in [6, 6.07) is 0. The van der Waals surface area contributed by atoms with Crippen molar-refractivity contribution in [3.05, 3.63) is 28.0 Å². The zero-order valence-electron chi connectivity index (χ0n) is 7.65. The maximum atomic E-state index is 12.4. The fourth-order valence-corrected chi connectivity index (χ4v) is 1.45. The van der Waals surface area contributed by atoms with Gasteiger partial charge in [0.05, 0.1) is 10.6 Å². The van der Waals surface area contributed by atoms with Crippen molar-refractivity contribution in [2.45, 2.75) is 19.1 Å². The van der Waals surface area contributed by atoms with Gasteiger partial charge >= 0.3 is 6.18 Å². The Morgan fingerprint density at radius 3 is 2.31 bits per heavy atom. The Morgan fingerprint density at radius 1 is 1.38 bits per heavy atom. The van der Waals surface area contributed by atoms with Crippen molar-refractivity contribution in [2.24, 2.45) is 5.73 Å². The number of hydrogen-bond acceptors (Lipinski definition) is 2. The van der Waals surface area contributed by atoms with Crippen LogP contribution in [0.15, 0.2) is 6.20 Å². The first-order valence-electron chi connectivity index (χ1n) is 4.01. The number of nitrogens with zero attached hydrogens (tertiary/aromatic N) is 1. The number of nitrogens with two attached hydrogens (primary N) is 1. The molecule has 0 radical (unpaired) electrons. The molecule has 90 valence electrons. The molecule has 0 aliphatic heterocycles. The summed E-state index contributed by atoms with van der Waals surface area (Å²) in [7, 11) is 0. The highest BCUT2D eigenvalue weighted by atomic mass is 35.5. The van der Waals surface area contributed by atoms with E-state index in [1.54, 1.807) is 0 Å². The average Bonchev–Trinajstić information content (AvgIpc) is 2.15. The van der Waals surface area contributed by atoms with Crippen LogP contribution in [0, 0.1) is 0 Å². The third-order valence-electron chi connectivity index (χ3n) is 1.86. The number of rotatable bonds is 2. The standard InChI is InChI=1S/C8H6ClF5N2/c9-5-3(1-15)4(8(12,13)14)2-16-6(5)7(10)11/h2,7H,1,15H2. The van der Waals surface area contributed by atoms with E-state index in [1.807, 2.05) is 0 Å². The normalized spacial score (nSPS) is 12.2. The summed E-state index contributed by atoms with van der Waals surface area (Å²) < 4.78 is 61.8. The first-order chi connectivity index (χ1) is 7.29. The van der Waals surface area contributed by atoms with Gasteiger partial charge < -0.3 is 5.73 Å². The van der Waals surface area contributed by atoms with E-state index < -0.39 is 41.0 Å². The van der Waals surface area contributed by atoms with E-state index in [0.717, 1.165) is 0 Å². The monoisotopic (exact) mass is 260 g/mol. The van der Waals surface area contributed by atoms with Gasteiger partial charge in [-0.05, 0) is 0 Å². The molecule has 2 nitrogen and oxygen atoms in total. The number of pyridine rings is 1. The lowest BCUT2D eigenvalue weighted by atomic mass is 10.1. The van der Waals surface area contributed by atoms with E-state index in [-0.39, 0.29) is 0 Å². The highest BCUT2D eigenvalue weighted by molar-refractivity contribution is 6.32. The smallest absolute Gasteiger partial charge is 0.326 e. The molecule has 0 spiro atoms. The third-order valence-corrected chi connectivity index (χ3v) is 2.29. The predicted molar refractivity (Wildman–Crippen MR) is 47.1 cm³/mol. The third kappa shape index (κ3) is 2.41. The van der Waals surface area contributed by atoms with Gasteiger partial charge in [-0.2, -0.15) is 13.2 Å². The number of hydrogen-bond donors (Lipinski definition) is 1. The molecule has 0 aliphatic carbocycles. The molecule has 0 atom stereocenters. The largest absolute Gasteiger partial charge is 0.418 e. The van der Waals surface area contributed by atoms with Gasteiger partial charge in [-0.25, -0.2) is 8.78 Å². The molecular formula is C8H6ClF5N2. The van der Waals surface area contributed by atoms with Gasteiger partial charge in [0.25, 0.3) is 6.43 Å². The van der Waals surface area contributed by atoms with Crippen molar-refractivity contribution in [1.82, 2.24) is 4.98 Å². The predicted octanol–water partition coefficient (Wildman–Crippen LogP) is 3.15. The maximum Gasteiger partial charge on any atom is 0.418 e. The fraction of sp³-hybridized carbons (Fsp3) is 0.375. The topological polar surface area (TPSA) is 38.9 Å². The number of halogens is 6. The lowest BCUT2D eigenvalue weighted by molar-refractivity contribution is -0.138.